The third kappa shape index (κ3) is 4.43. The van der Waals surface area contributed by atoms with Gasteiger partial charge in [-0.3, -0.25) is 9.59 Å². The molecular weight excluding hydrogens is 462 g/mol. The lowest BCUT2D eigenvalue weighted by Crippen LogP contribution is -2.52. The number of nitrogens with zero attached hydrogens (tertiary/aromatic N) is 3. The summed E-state index contributed by atoms with van der Waals surface area (Å²) in [7, 11) is 7.96. The second kappa shape index (κ2) is 10.7. The average Bonchev–Trinajstić information content (AvgIpc) is 2.93. The van der Waals surface area contributed by atoms with Crippen LogP contribution in [0.1, 0.15) is 40.4 Å². The summed E-state index contributed by atoms with van der Waals surface area (Å²) in [6.45, 7) is 6.01. The van der Waals surface area contributed by atoms with E-state index in [1.54, 1.807) is 51.5 Å². The van der Waals surface area contributed by atoms with Crippen molar-refractivity contribution in [3.63, 3.8) is 0 Å². The first-order valence-corrected chi connectivity index (χ1v) is 12.1. The summed E-state index contributed by atoms with van der Waals surface area (Å²) in [6, 6.07) is 8.44. The lowest BCUT2D eigenvalue weighted by Gasteiger charge is -2.43. The highest BCUT2D eigenvalue weighted by Crippen LogP contribution is 2.47. The van der Waals surface area contributed by atoms with Crippen molar-refractivity contribution in [3.05, 3.63) is 47.0 Å². The Kier molecular flexibility index (Phi) is 7.59. The molecule has 2 amide bonds. The standard InChI is InChI=1S/C27H35N3O6/c1-7-29-10-12-30(13-11-29)27(32)24-18-15-22(35-5)23(36-6)16-19(18)26(31)28(2)25(24)17-8-9-20(33-3)21(14-17)34-4/h8-9,14-16,24-25H,7,10-13H2,1-6H3. The summed E-state index contributed by atoms with van der Waals surface area (Å²) < 4.78 is 22.0. The lowest BCUT2D eigenvalue weighted by molar-refractivity contribution is -0.136. The number of hydrogen-bond donors (Lipinski definition) is 0. The SMILES string of the molecule is CCN1CCN(C(=O)C2c3cc(OC)c(OC)cc3C(=O)N(C)C2c2ccc(OC)c(OC)c2)CC1. The fourth-order valence-corrected chi connectivity index (χ4v) is 5.25. The lowest BCUT2D eigenvalue weighted by atomic mass is 9.78. The average molecular weight is 498 g/mol. The van der Waals surface area contributed by atoms with Crippen molar-refractivity contribution < 1.29 is 28.5 Å². The van der Waals surface area contributed by atoms with Gasteiger partial charge in [-0.1, -0.05) is 13.0 Å². The summed E-state index contributed by atoms with van der Waals surface area (Å²) in [6.07, 6.45) is 0. The van der Waals surface area contributed by atoms with Gasteiger partial charge in [0.2, 0.25) is 5.91 Å². The highest BCUT2D eigenvalue weighted by Gasteiger charge is 2.45. The molecule has 2 heterocycles. The molecule has 2 aromatic rings. The molecule has 0 spiro atoms. The number of carbonyl (C=O) groups is 2. The van der Waals surface area contributed by atoms with Gasteiger partial charge in [0.25, 0.3) is 5.91 Å². The number of rotatable bonds is 7. The Morgan fingerprint density at radius 2 is 1.44 bits per heavy atom. The molecule has 1 saturated heterocycles. The van der Waals surface area contributed by atoms with E-state index in [-0.39, 0.29) is 11.8 Å². The van der Waals surface area contributed by atoms with Crippen LogP contribution in [0, 0.1) is 0 Å². The Morgan fingerprint density at radius 3 is 2.03 bits per heavy atom. The molecule has 4 rings (SSSR count). The van der Waals surface area contributed by atoms with Crippen molar-refractivity contribution in [2.45, 2.75) is 18.9 Å². The normalized spacial score (nSPS) is 20.1. The van der Waals surface area contributed by atoms with Crippen molar-refractivity contribution >= 4 is 11.8 Å². The highest BCUT2D eigenvalue weighted by atomic mass is 16.5. The molecule has 0 radical (unpaired) electrons. The fraction of sp³-hybridized carbons (Fsp3) is 0.481. The molecule has 9 nitrogen and oxygen atoms in total. The Hall–Kier alpha value is -3.46. The number of ether oxygens (including phenoxy) is 4. The van der Waals surface area contributed by atoms with E-state index in [0.717, 1.165) is 25.2 Å². The maximum Gasteiger partial charge on any atom is 0.254 e. The molecule has 0 bridgehead atoms. The molecule has 1 fully saturated rings. The van der Waals surface area contributed by atoms with Crippen LogP contribution in [-0.2, 0) is 4.79 Å². The number of fused-ring (bicyclic) bond motifs is 1. The van der Waals surface area contributed by atoms with Crippen molar-refractivity contribution in [2.24, 2.45) is 0 Å². The van der Waals surface area contributed by atoms with E-state index in [1.165, 1.54) is 7.11 Å². The monoisotopic (exact) mass is 497 g/mol. The number of benzene rings is 2. The van der Waals surface area contributed by atoms with Crippen LogP contribution in [0.2, 0.25) is 0 Å². The van der Waals surface area contributed by atoms with Gasteiger partial charge in [-0.25, -0.2) is 0 Å². The molecule has 36 heavy (non-hydrogen) atoms. The Bertz CT molecular complexity index is 1130. The minimum Gasteiger partial charge on any atom is -0.493 e. The predicted molar refractivity (Wildman–Crippen MR) is 135 cm³/mol. The molecule has 0 aromatic heterocycles. The third-order valence-corrected chi connectivity index (χ3v) is 7.32. The predicted octanol–water partition coefficient (Wildman–Crippen LogP) is 2.80. The van der Waals surface area contributed by atoms with Crippen LogP contribution >= 0.6 is 0 Å². The van der Waals surface area contributed by atoms with Crippen LogP contribution in [0.4, 0.5) is 0 Å². The Balaban J connectivity index is 1.86. The molecule has 9 heteroatoms. The van der Waals surface area contributed by atoms with Gasteiger partial charge >= 0.3 is 0 Å². The number of amides is 2. The smallest absolute Gasteiger partial charge is 0.254 e. The van der Waals surface area contributed by atoms with E-state index in [2.05, 4.69) is 11.8 Å². The summed E-state index contributed by atoms with van der Waals surface area (Å²) in [4.78, 5) is 33.7. The van der Waals surface area contributed by atoms with E-state index < -0.39 is 12.0 Å². The van der Waals surface area contributed by atoms with Crippen molar-refractivity contribution in [1.29, 1.82) is 0 Å². The first-order valence-electron chi connectivity index (χ1n) is 12.1. The number of carbonyl (C=O) groups excluding carboxylic acids is 2. The summed E-state index contributed by atoms with van der Waals surface area (Å²) in [5, 5.41) is 0. The maximum atomic E-state index is 14.2. The number of likely N-dealkylation sites (N-methyl/N-ethyl adjacent to an activating group) is 2. The van der Waals surface area contributed by atoms with Gasteiger partial charge in [-0.05, 0) is 41.9 Å². The van der Waals surface area contributed by atoms with E-state index in [1.807, 2.05) is 17.0 Å². The zero-order valence-electron chi connectivity index (χ0n) is 21.9. The molecule has 2 aliphatic heterocycles. The van der Waals surface area contributed by atoms with Gasteiger partial charge in [-0.15, -0.1) is 0 Å². The van der Waals surface area contributed by atoms with Gasteiger partial charge in [0.15, 0.2) is 23.0 Å². The zero-order chi connectivity index (χ0) is 26.0. The summed E-state index contributed by atoms with van der Waals surface area (Å²) >= 11 is 0. The first kappa shape index (κ1) is 25.6. The molecule has 2 aliphatic rings. The quantitative estimate of drug-likeness (QED) is 0.582. The first-order chi connectivity index (χ1) is 17.4. The Morgan fingerprint density at radius 1 is 0.861 bits per heavy atom. The van der Waals surface area contributed by atoms with E-state index in [4.69, 9.17) is 18.9 Å². The minimum atomic E-state index is -0.631. The van der Waals surface area contributed by atoms with Crippen molar-refractivity contribution in [3.8, 4) is 23.0 Å². The molecule has 0 aliphatic carbocycles. The summed E-state index contributed by atoms with van der Waals surface area (Å²) in [5.41, 5.74) is 1.87. The summed E-state index contributed by atoms with van der Waals surface area (Å²) in [5.74, 6) is 1.21. The maximum absolute atomic E-state index is 14.2. The van der Waals surface area contributed by atoms with Crippen molar-refractivity contribution in [2.75, 3.05) is 68.2 Å². The Labute approximate surface area is 212 Å². The molecular formula is C27H35N3O6. The van der Waals surface area contributed by atoms with Gasteiger partial charge in [0, 0.05) is 38.8 Å². The van der Waals surface area contributed by atoms with Crippen LogP contribution in [0.3, 0.4) is 0 Å². The molecule has 2 unspecified atom stereocenters. The highest BCUT2D eigenvalue weighted by molar-refractivity contribution is 6.02. The fourth-order valence-electron chi connectivity index (χ4n) is 5.25. The minimum absolute atomic E-state index is 0.0154. The van der Waals surface area contributed by atoms with Crippen LogP contribution in [0.5, 0.6) is 23.0 Å². The molecule has 194 valence electrons. The molecule has 0 N–H and O–H groups in total. The van der Waals surface area contributed by atoms with Crippen LogP contribution in [0.25, 0.3) is 0 Å². The number of hydrogen-bond acceptors (Lipinski definition) is 7. The van der Waals surface area contributed by atoms with E-state index >= 15 is 0 Å². The van der Waals surface area contributed by atoms with Gasteiger partial charge < -0.3 is 33.6 Å². The van der Waals surface area contributed by atoms with E-state index in [9.17, 15) is 9.59 Å². The van der Waals surface area contributed by atoms with Crippen LogP contribution < -0.4 is 18.9 Å². The molecule has 2 atom stereocenters. The number of piperazine rings is 1. The van der Waals surface area contributed by atoms with E-state index in [0.29, 0.717) is 47.2 Å². The van der Waals surface area contributed by atoms with Gasteiger partial charge in [-0.2, -0.15) is 0 Å². The van der Waals surface area contributed by atoms with Gasteiger partial charge in [0.05, 0.1) is 40.4 Å². The topological polar surface area (TPSA) is 80.8 Å². The van der Waals surface area contributed by atoms with Crippen LogP contribution in [0.15, 0.2) is 30.3 Å². The largest absolute Gasteiger partial charge is 0.493 e. The molecule has 2 aromatic carbocycles. The van der Waals surface area contributed by atoms with Gasteiger partial charge in [0.1, 0.15) is 0 Å². The van der Waals surface area contributed by atoms with Crippen molar-refractivity contribution in [1.82, 2.24) is 14.7 Å². The third-order valence-electron chi connectivity index (χ3n) is 7.32. The second-order valence-corrected chi connectivity index (χ2v) is 9.01. The van der Waals surface area contributed by atoms with Crippen LogP contribution in [-0.4, -0.2) is 94.7 Å². The number of methoxy groups -OCH3 is 4. The zero-order valence-corrected chi connectivity index (χ0v) is 21.9. The molecule has 0 saturated carbocycles. The second-order valence-electron chi connectivity index (χ2n) is 9.01.